The molecule has 30 heavy (non-hydrogen) atoms. The van der Waals surface area contributed by atoms with Crippen LogP contribution in [0.2, 0.25) is 0 Å². The van der Waals surface area contributed by atoms with Gasteiger partial charge in [-0.3, -0.25) is 9.40 Å². The summed E-state index contributed by atoms with van der Waals surface area (Å²) >= 11 is 0. The number of aromatic nitrogens is 2. The van der Waals surface area contributed by atoms with Crippen molar-refractivity contribution in [2.75, 3.05) is 24.6 Å². The number of rotatable bonds is 8. The fourth-order valence-corrected chi connectivity index (χ4v) is 3.68. The summed E-state index contributed by atoms with van der Waals surface area (Å²) in [4.78, 5) is 6.78. The van der Waals surface area contributed by atoms with E-state index < -0.39 is 10.0 Å². The molecule has 168 valence electrons. The number of nitrogens with one attached hydrogen (secondary N) is 2. The van der Waals surface area contributed by atoms with Crippen molar-refractivity contribution < 1.29 is 8.42 Å². The molecule has 0 atom stereocenters. The standard InChI is InChI=1S/C20H32N6O2S.HI/c1-7-21-20(25(4)13-17-14-26(5)23-19(17)15(2)3)22-12-16-10-8-9-11-18(16)24-29(6,27)28;/h8-11,14-15,24H,7,12-13H2,1-6H3,(H,21,22);1H. The first kappa shape index (κ1) is 26.2. The number of aliphatic imine (C=N–C) groups is 1. The van der Waals surface area contributed by atoms with Gasteiger partial charge in [0, 0.05) is 38.9 Å². The number of benzene rings is 1. The van der Waals surface area contributed by atoms with E-state index in [1.807, 2.05) is 44.0 Å². The second-order valence-electron chi connectivity index (χ2n) is 7.43. The Morgan fingerprint density at radius 2 is 1.93 bits per heavy atom. The van der Waals surface area contributed by atoms with Gasteiger partial charge >= 0.3 is 0 Å². The summed E-state index contributed by atoms with van der Waals surface area (Å²) in [6.07, 6.45) is 3.19. The lowest BCUT2D eigenvalue weighted by molar-refractivity contribution is 0.473. The second-order valence-corrected chi connectivity index (χ2v) is 9.17. The summed E-state index contributed by atoms with van der Waals surface area (Å²) in [5, 5.41) is 7.88. The molecule has 2 rings (SSSR count). The highest BCUT2D eigenvalue weighted by Gasteiger charge is 2.15. The Labute approximate surface area is 197 Å². The molecule has 0 unspecified atom stereocenters. The SMILES string of the molecule is CCNC(=NCc1ccccc1NS(C)(=O)=O)N(C)Cc1cn(C)nc1C(C)C.I. The van der Waals surface area contributed by atoms with Crippen LogP contribution in [0.3, 0.4) is 0 Å². The largest absolute Gasteiger partial charge is 0.357 e. The molecule has 0 aliphatic carbocycles. The van der Waals surface area contributed by atoms with E-state index in [-0.39, 0.29) is 24.0 Å². The molecular weight excluding hydrogens is 515 g/mol. The summed E-state index contributed by atoms with van der Waals surface area (Å²) in [5.74, 6) is 1.09. The van der Waals surface area contributed by atoms with Crippen LogP contribution in [0.5, 0.6) is 0 Å². The fraction of sp³-hybridized carbons (Fsp3) is 0.500. The predicted molar refractivity (Wildman–Crippen MR) is 134 cm³/mol. The van der Waals surface area contributed by atoms with Crippen LogP contribution in [0, 0.1) is 0 Å². The lowest BCUT2D eigenvalue weighted by atomic mass is 10.1. The van der Waals surface area contributed by atoms with Gasteiger partial charge < -0.3 is 10.2 Å². The van der Waals surface area contributed by atoms with Crippen molar-refractivity contribution >= 4 is 45.6 Å². The number of nitrogens with zero attached hydrogens (tertiary/aromatic N) is 4. The summed E-state index contributed by atoms with van der Waals surface area (Å²) in [6, 6.07) is 7.29. The highest BCUT2D eigenvalue weighted by Crippen LogP contribution is 2.20. The summed E-state index contributed by atoms with van der Waals surface area (Å²) < 4.78 is 27.6. The van der Waals surface area contributed by atoms with Crippen LogP contribution in [0.4, 0.5) is 5.69 Å². The Morgan fingerprint density at radius 1 is 1.27 bits per heavy atom. The van der Waals surface area contributed by atoms with E-state index in [0.717, 1.165) is 35.6 Å². The number of anilines is 1. The zero-order chi connectivity index (χ0) is 21.6. The minimum Gasteiger partial charge on any atom is -0.357 e. The van der Waals surface area contributed by atoms with Crippen LogP contribution in [0.25, 0.3) is 0 Å². The van der Waals surface area contributed by atoms with Crippen LogP contribution in [-0.2, 0) is 30.2 Å². The maximum Gasteiger partial charge on any atom is 0.229 e. The highest BCUT2D eigenvalue weighted by atomic mass is 127. The molecule has 0 radical (unpaired) electrons. The van der Waals surface area contributed by atoms with E-state index in [2.05, 4.69) is 33.9 Å². The summed E-state index contributed by atoms with van der Waals surface area (Å²) in [5.41, 5.74) is 3.60. The van der Waals surface area contributed by atoms with Gasteiger partial charge in [0.2, 0.25) is 10.0 Å². The molecule has 8 nitrogen and oxygen atoms in total. The first-order valence-electron chi connectivity index (χ1n) is 9.68. The van der Waals surface area contributed by atoms with Crippen LogP contribution < -0.4 is 10.0 Å². The molecule has 0 aliphatic heterocycles. The lowest BCUT2D eigenvalue weighted by Gasteiger charge is -2.22. The maximum atomic E-state index is 11.6. The Balaban J connectivity index is 0.00000450. The molecule has 10 heteroatoms. The number of sulfonamides is 1. The monoisotopic (exact) mass is 548 g/mol. The van der Waals surface area contributed by atoms with Gasteiger partial charge in [0.25, 0.3) is 0 Å². The second kappa shape index (κ2) is 11.5. The quantitative estimate of drug-likeness (QED) is 0.301. The third kappa shape index (κ3) is 7.78. The van der Waals surface area contributed by atoms with Crippen LogP contribution >= 0.6 is 24.0 Å². The maximum absolute atomic E-state index is 11.6. The average molecular weight is 548 g/mol. The molecule has 2 aromatic rings. The average Bonchev–Trinajstić information content (AvgIpc) is 2.99. The van der Waals surface area contributed by atoms with Crippen molar-refractivity contribution in [3.63, 3.8) is 0 Å². The smallest absolute Gasteiger partial charge is 0.229 e. The van der Waals surface area contributed by atoms with Crippen molar-refractivity contribution in [2.24, 2.45) is 12.0 Å². The molecule has 1 aromatic carbocycles. The number of halogens is 1. The fourth-order valence-electron chi connectivity index (χ4n) is 3.08. The first-order chi connectivity index (χ1) is 13.6. The van der Waals surface area contributed by atoms with Gasteiger partial charge in [-0.05, 0) is 24.5 Å². The van der Waals surface area contributed by atoms with Gasteiger partial charge in [-0.1, -0.05) is 32.0 Å². The van der Waals surface area contributed by atoms with E-state index in [0.29, 0.717) is 24.7 Å². The number of para-hydroxylation sites is 1. The van der Waals surface area contributed by atoms with Gasteiger partial charge in [-0.15, -0.1) is 24.0 Å². The van der Waals surface area contributed by atoms with Crippen molar-refractivity contribution in [2.45, 2.75) is 39.8 Å². The van der Waals surface area contributed by atoms with Gasteiger partial charge in [0.1, 0.15) is 0 Å². The van der Waals surface area contributed by atoms with Crippen molar-refractivity contribution in [1.29, 1.82) is 0 Å². The van der Waals surface area contributed by atoms with E-state index in [1.165, 1.54) is 0 Å². The molecule has 0 amide bonds. The summed E-state index contributed by atoms with van der Waals surface area (Å²) in [7, 11) is 0.566. The molecule has 0 bridgehead atoms. The molecular formula is C20H33IN6O2S. The molecule has 0 spiro atoms. The number of guanidine groups is 1. The third-order valence-electron chi connectivity index (χ3n) is 4.30. The Kier molecular flexibility index (Phi) is 10.1. The van der Waals surface area contributed by atoms with Gasteiger partial charge in [-0.25, -0.2) is 13.4 Å². The van der Waals surface area contributed by atoms with Crippen molar-refractivity contribution in [3.05, 3.63) is 47.3 Å². The molecule has 0 aliphatic rings. The molecule has 0 fully saturated rings. The lowest BCUT2D eigenvalue weighted by Crippen LogP contribution is -2.38. The van der Waals surface area contributed by atoms with Crippen LogP contribution in [0.1, 0.15) is 43.5 Å². The van der Waals surface area contributed by atoms with Crippen molar-refractivity contribution in [1.82, 2.24) is 20.0 Å². The van der Waals surface area contributed by atoms with E-state index in [1.54, 1.807) is 12.1 Å². The zero-order valence-electron chi connectivity index (χ0n) is 18.5. The van der Waals surface area contributed by atoms with E-state index >= 15 is 0 Å². The number of aryl methyl sites for hydroxylation is 1. The number of hydrogen-bond acceptors (Lipinski definition) is 4. The molecule has 2 N–H and O–H groups in total. The third-order valence-corrected chi connectivity index (χ3v) is 4.89. The first-order valence-corrected chi connectivity index (χ1v) is 11.6. The Bertz CT molecular complexity index is 956. The molecule has 0 saturated carbocycles. The molecule has 1 heterocycles. The van der Waals surface area contributed by atoms with E-state index in [9.17, 15) is 8.42 Å². The van der Waals surface area contributed by atoms with Gasteiger partial charge in [-0.2, -0.15) is 5.10 Å². The molecule has 0 saturated heterocycles. The van der Waals surface area contributed by atoms with Crippen LogP contribution in [-0.4, -0.2) is 48.9 Å². The summed E-state index contributed by atoms with van der Waals surface area (Å²) in [6.45, 7) is 8.06. The minimum atomic E-state index is -3.35. The van der Waals surface area contributed by atoms with Crippen molar-refractivity contribution in [3.8, 4) is 0 Å². The highest BCUT2D eigenvalue weighted by molar-refractivity contribution is 14.0. The Hall–Kier alpha value is -1.82. The Morgan fingerprint density at radius 3 is 2.53 bits per heavy atom. The predicted octanol–water partition coefficient (Wildman–Crippen LogP) is 3.13. The van der Waals surface area contributed by atoms with Gasteiger partial charge in [0.05, 0.1) is 24.2 Å². The molecule has 1 aromatic heterocycles. The van der Waals surface area contributed by atoms with Crippen LogP contribution in [0.15, 0.2) is 35.5 Å². The minimum absolute atomic E-state index is 0. The normalized spacial score (nSPS) is 11.9. The topological polar surface area (TPSA) is 91.6 Å². The zero-order valence-corrected chi connectivity index (χ0v) is 21.7. The van der Waals surface area contributed by atoms with E-state index in [4.69, 9.17) is 4.99 Å². The number of hydrogen-bond donors (Lipinski definition) is 2. The van der Waals surface area contributed by atoms with Gasteiger partial charge in [0.15, 0.2) is 5.96 Å².